The summed E-state index contributed by atoms with van der Waals surface area (Å²) in [7, 11) is 0. The molecule has 112 valence electrons. The van der Waals surface area contributed by atoms with Gasteiger partial charge in [-0.05, 0) is 26.7 Å². The number of ether oxygens (including phenoxy) is 1. The normalized spacial score (nSPS) is 15.6. The Morgan fingerprint density at radius 2 is 1.58 bits per heavy atom. The molecular formula is C15H29NO3. The van der Waals surface area contributed by atoms with Crippen LogP contribution in [0.3, 0.4) is 0 Å². The Morgan fingerprint density at radius 1 is 1.11 bits per heavy atom. The third-order valence-electron chi connectivity index (χ3n) is 2.91. The molecule has 0 aliphatic heterocycles. The standard InChI is InChI=1S/C15H29NO3/c1-9-10(2)11(12(17)14(3,4)5)16-13(18)19-15(6,7)8/h10-11H,9H2,1-8H3,(H,16,18)/t10?,11-/m1/s1. The van der Waals surface area contributed by atoms with E-state index in [0.717, 1.165) is 6.42 Å². The highest BCUT2D eigenvalue weighted by Gasteiger charge is 2.34. The molecular weight excluding hydrogens is 242 g/mol. The van der Waals surface area contributed by atoms with Crippen LogP contribution in [0.5, 0.6) is 0 Å². The first kappa shape index (κ1) is 17.9. The van der Waals surface area contributed by atoms with Gasteiger partial charge in [-0.25, -0.2) is 4.79 Å². The van der Waals surface area contributed by atoms with Crippen LogP contribution in [0.1, 0.15) is 61.8 Å². The molecule has 2 atom stereocenters. The Bertz CT molecular complexity index is 323. The summed E-state index contributed by atoms with van der Waals surface area (Å²) in [6, 6.07) is -0.500. The van der Waals surface area contributed by atoms with Gasteiger partial charge in [0.25, 0.3) is 0 Å². The second-order valence-electron chi connectivity index (χ2n) is 7.12. The molecule has 0 saturated carbocycles. The van der Waals surface area contributed by atoms with Gasteiger partial charge in [-0.1, -0.05) is 41.0 Å². The molecule has 0 aliphatic rings. The molecule has 0 saturated heterocycles. The smallest absolute Gasteiger partial charge is 0.408 e. The topological polar surface area (TPSA) is 55.4 Å². The van der Waals surface area contributed by atoms with Gasteiger partial charge in [0.15, 0.2) is 5.78 Å². The third kappa shape index (κ3) is 6.60. The summed E-state index contributed by atoms with van der Waals surface area (Å²) < 4.78 is 5.22. The van der Waals surface area contributed by atoms with E-state index in [1.54, 1.807) is 20.8 Å². The van der Waals surface area contributed by atoms with Gasteiger partial charge in [0, 0.05) is 5.41 Å². The molecule has 0 aliphatic carbocycles. The van der Waals surface area contributed by atoms with E-state index >= 15 is 0 Å². The summed E-state index contributed by atoms with van der Waals surface area (Å²) in [5.41, 5.74) is -1.04. The molecule has 0 aromatic carbocycles. The van der Waals surface area contributed by atoms with Crippen molar-refractivity contribution in [1.82, 2.24) is 5.32 Å². The quantitative estimate of drug-likeness (QED) is 0.850. The van der Waals surface area contributed by atoms with Crippen molar-refractivity contribution < 1.29 is 14.3 Å². The van der Waals surface area contributed by atoms with Crippen molar-refractivity contribution in [3.8, 4) is 0 Å². The van der Waals surface area contributed by atoms with Crippen LogP contribution in [0.2, 0.25) is 0 Å². The van der Waals surface area contributed by atoms with Crippen molar-refractivity contribution in [1.29, 1.82) is 0 Å². The average molecular weight is 271 g/mol. The van der Waals surface area contributed by atoms with Gasteiger partial charge in [-0.3, -0.25) is 4.79 Å². The van der Waals surface area contributed by atoms with Crippen LogP contribution >= 0.6 is 0 Å². The molecule has 0 fully saturated rings. The van der Waals surface area contributed by atoms with Crippen molar-refractivity contribution in [3.05, 3.63) is 0 Å². The second kappa shape index (κ2) is 6.40. The summed E-state index contributed by atoms with van der Waals surface area (Å²) in [6.07, 6.45) is 0.290. The number of nitrogens with one attached hydrogen (secondary N) is 1. The fourth-order valence-corrected chi connectivity index (χ4v) is 1.60. The minimum atomic E-state index is -0.561. The fourth-order valence-electron chi connectivity index (χ4n) is 1.60. The number of hydrogen-bond donors (Lipinski definition) is 1. The Morgan fingerprint density at radius 3 is 1.89 bits per heavy atom. The molecule has 0 bridgehead atoms. The first-order chi connectivity index (χ1) is 8.38. The Hall–Kier alpha value is -1.06. The van der Waals surface area contributed by atoms with Crippen molar-refractivity contribution >= 4 is 11.9 Å². The Balaban J connectivity index is 4.90. The van der Waals surface area contributed by atoms with Crippen LogP contribution in [0, 0.1) is 11.3 Å². The second-order valence-corrected chi connectivity index (χ2v) is 7.12. The number of carbonyl (C=O) groups excluding carboxylic acids is 2. The largest absolute Gasteiger partial charge is 0.444 e. The van der Waals surface area contributed by atoms with E-state index in [4.69, 9.17) is 4.74 Å². The molecule has 0 spiro atoms. The van der Waals surface area contributed by atoms with E-state index < -0.39 is 23.2 Å². The van der Waals surface area contributed by atoms with Gasteiger partial charge >= 0.3 is 6.09 Å². The van der Waals surface area contributed by atoms with Crippen molar-refractivity contribution in [2.45, 2.75) is 73.5 Å². The van der Waals surface area contributed by atoms with Crippen molar-refractivity contribution in [2.24, 2.45) is 11.3 Å². The first-order valence-electron chi connectivity index (χ1n) is 6.92. The Kier molecular flexibility index (Phi) is 6.04. The van der Waals surface area contributed by atoms with Crippen LogP contribution in [0.4, 0.5) is 4.79 Å². The van der Waals surface area contributed by atoms with E-state index in [2.05, 4.69) is 5.32 Å². The molecule has 1 unspecified atom stereocenters. The number of ketones is 1. The number of hydrogen-bond acceptors (Lipinski definition) is 3. The maximum absolute atomic E-state index is 12.4. The molecule has 4 heteroatoms. The van der Waals surface area contributed by atoms with Gasteiger partial charge in [0.05, 0.1) is 6.04 Å². The van der Waals surface area contributed by atoms with Gasteiger partial charge in [-0.15, -0.1) is 0 Å². The van der Waals surface area contributed by atoms with Gasteiger partial charge in [0.1, 0.15) is 5.60 Å². The zero-order valence-corrected chi connectivity index (χ0v) is 13.6. The summed E-state index contributed by atoms with van der Waals surface area (Å²) in [5, 5.41) is 2.72. The highest BCUT2D eigenvalue weighted by molar-refractivity contribution is 5.91. The minimum absolute atomic E-state index is 0.0349. The Labute approximate surface area is 117 Å². The molecule has 0 radical (unpaired) electrons. The zero-order valence-electron chi connectivity index (χ0n) is 13.6. The van der Waals surface area contributed by atoms with Crippen LogP contribution < -0.4 is 5.32 Å². The lowest BCUT2D eigenvalue weighted by atomic mass is 9.81. The molecule has 0 aromatic heterocycles. The highest BCUT2D eigenvalue weighted by atomic mass is 16.6. The van der Waals surface area contributed by atoms with Crippen molar-refractivity contribution in [3.63, 3.8) is 0 Å². The number of amides is 1. The number of Topliss-reactive ketones (excluding diaryl/α,β-unsaturated/α-hetero) is 1. The van der Waals surface area contributed by atoms with E-state index in [-0.39, 0.29) is 11.7 Å². The highest BCUT2D eigenvalue weighted by Crippen LogP contribution is 2.22. The predicted octanol–water partition coefficient (Wildman–Crippen LogP) is 3.54. The molecule has 0 heterocycles. The van der Waals surface area contributed by atoms with Crippen LogP contribution in [-0.4, -0.2) is 23.5 Å². The lowest BCUT2D eigenvalue weighted by Crippen LogP contribution is -2.50. The lowest BCUT2D eigenvalue weighted by molar-refractivity contribution is -0.129. The molecule has 0 aromatic rings. The summed E-state index contributed by atoms with van der Waals surface area (Å²) in [6.45, 7) is 15.0. The number of carbonyl (C=O) groups is 2. The maximum atomic E-state index is 12.4. The molecule has 19 heavy (non-hydrogen) atoms. The van der Waals surface area contributed by atoms with Crippen LogP contribution in [-0.2, 0) is 9.53 Å². The number of alkyl carbamates (subject to hydrolysis) is 1. The van der Waals surface area contributed by atoms with E-state index in [1.807, 2.05) is 34.6 Å². The summed E-state index contributed by atoms with van der Waals surface area (Å²) in [5.74, 6) is 0.118. The third-order valence-corrected chi connectivity index (χ3v) is 2.91. The molecule has 0 rings (SSSR count). The zero-order chi connectivity index (χ0) is 15.4. The fraction of sp³-hybridized carbons (Fsp3) is 0.867. The van der Waals surface area contributed by atoms with Crippen LogP contribution in [0.15, 0.2) is 0 Å². The summed E-state index contributed by atoms with van der Waals surface area (Å²) >= 11 is 0. The van der Waals surface area contributed by atoms with E-state index in [1.165, 1.54) is 0 Å². The van der Waals surface area contributed by atoms with Crippen molar-refractivity contribution in [2.75, 3.05) is 0 Å². The average Bonchev–Trinajstić information content (AvgIpc) is 2.20. The number of rotatable bonds is 4. The summed E-state index contributed by atoms with van der Waals surface area (Å²) in [4.78, 5) is 24.2. The van der Waals surface area contributed by atoms with Gasteiger partial charge in [0.2, 0.25) is 0 Å². The van der Waals surface area contributed by atoms with E-state index in [0.29, 0.717) is 0 Å². The lowest BCUT2D eigenvalue weighted by Gasteiger charge is -2.30. The molecule has 1 amide bonds. The SMILES string of the molecule is CCC(C)[C@@H](NC(=O)OC(C)(C)C)C(=O)C(C)(C)C. The van der Waals surface area contributed by atoms with Gasteiger partial charge < -0.3 is 10.1 Å². The van der Waals surface area contributed by atoms with Crippen LogP contribution in [0.25, 0.3) is 0 Å². The molecule has 1 N–H and O–H groups in total. The van der Waals surface area contributed by atoms with E-state index in [9.17, 15) is 9.59 Å². The maximum Gasteiger partial charge on any atom is 0.408 e. The monoisotopic (exact) mass is 271 g/mol. The minimum Gasteiger partial charge on any atom is -0.444 e. The first-order valence-corrected chi connectivity index (χ1v) is 6.92. The van der Waals surface area contributed by atoms with Gasteiger partial charge in [-0.2, -0.15) is 0 Å². The predicted molar refractivity (Wildman–Crippen MR) is 77.1 cm³/mol. The molecule has 4 nitrogen and oxygen atoms in total.